The maximum Gasteiger partial charge on any atom is 0.308 e. The van der Waals surface area contributed by atoms with E-state index in [-0.39, 0.29) is 11.9 Å². The molecule has 1 aliphatic rings. The van der Waals surface area contributed by atoms with Crippen LogP contribution in [-0.2, 0) is 29.2 Å². The minimum absolute atomic E-state index is 0.00504. The van der Waals surface area contributed by atoms with Crippen molar-refractivity contribution in [3.8, 4) is 0 Å². The standard InChI is InChI=1S/C24H34N4O3/c1-4-25-24(28-13-11-19(12-14-28)23(29)30-3)26-16-20-8-5-6-9-21(20)17-27(2)18-22-10-7-15-31-22/h5-10,15,19H,4,11-14,16-18H2,1-3H3,(H,25,26). The van der Waals surface area contributed by atoms with Gasteiger partial charge in [-0.3, -0.25) is 9.69 Å². The Balaban J connectivity index is 1.64. The number of nitrogens with one attached hydrogen (secondary N) is 1. The third kappa shape index (κ3) is 6.59. The molecule has 0 spiro atoms. The van der Waals surface area contributed by atoms with Crippen molar-refractivity contribution in [1.29, 1.82) is 0 Å². The maximum atomic E-state index is 11.8. The summed E-state index contributed by atoms with van der Waals surface area (Å²) in [6.45, 7) is 6.70. The second-order valence-electron chi connectivity index (χ2n) is 7.98. The van der Waals surface area contributed by atoms with E-state index in [1.807, 2.05) is 12.1 Å². The van der Waals surface area contributed by atoms with Gasteiger partial charge in [0.05, 0.1) is 32.4 Å². The first-order chi connectivity index (χ1) is 15.1. The molecule has 0 amide bonds. The number of likely N-dealkylation sites (tertiary alicyclic amines) is 1. The first kappa shape index (κ1) is 22.9. The molecule has 0 aliphatic carbocycles. The van der Waals surface area contributed by atoms with Crippen molar-refractivity contribution in [2.45, 2.75) is 39.4 Å². The highest BCUT2D eigenvalue weighted by molar-refractivity contribution is 5.80. The van der Waals surface area contributed by atoms with Crippen molar-refractivity contribution in [2.24, 2.45) is 10.9 Å². The van der Waals surface area contributed by atoms with Crippen molar-refractivity contribution in [2.75, 3.05) is 33.8 Å². The van der Waals surface area contributed by atoms with Crippen LogP contribution in [-0.4, -0.2) is 55.5 Å². The Morgan fingerprint density at radius 3 is 2.58 bits per heavy atom. The van der Waals surface area contributed by atoms with Crippen molar-refractivity contribution in [3.63, 3.8) is 0 Å². The summed E-state index contributed by atoms with van der Waals surface area (Å²) in [7, 11) is 3.56. The molecule has 2 aromatic rings. The Bertz CT molecular complexity index is 842. The number of carbonyl (C=O) groups is 1. The fraction of sp³-hybridized carbons (Fsp3) is 0.500. The molecule has 31 heavy (non-hydrogen) atoms. The van der Waals surface area contributed by atoms with Crippen molar-refractivity contribution in [3.05, 3.63) is 59.5 Å². The van der Waals surface area contributed by atoms with Gasteiger partial charge in [-0.1, -0.05) is 24.3 Å². The molecule has 1 saturated heterocycles. The van der Waals surface area contributed by atoms with E-state index < -0.39 is 0 Å². The number of piperidine rings is 1. The number of benzene rings is 1. The van der Waals surface area contributed by atoms with Crippen molar-refractivity contribution in [1.82, 2.24) is 15.1 Å². The molecule has 0 unspecified atom stereocenters. The van der Waals surface area contributed by atoms with Crippen molar-refractivity contribution >= 4 is 11.9 Å². The predicted molar refractivity (Wildman–Crippen MR) is 121 cm³/mol. The molecule has 0 radical (unpaired) electrons. The van der Waals surface area contributed by atoms with E-state index in [2.05, 4.69) is 53.4 Å². The van der Waals surface area contributed by atoms with Gasteiger partial charge in [0, 0.05) is 26.2 Å². The summed E-state index contributed by atoms with van der Waals surface area (Å²) >= 11 is 0. The van der Waals surface area contributed by atoms with Crippen LogP contribution in [0.15, 0.2) is 52.1 Å². The van der Waals surface area contributed by atoms with Gasteiger partial charge < -0.3 is 19.4 Å². The molecule has 168 valence electrons. The molecular formula is C24H34N4O3. The molecule has 3 rings (SSSR count). The van der Waals surface area contributed by atoms with E-state index >= 15 is 0 Å². The number of nitrogens with zero attached hydrogens (tertiary/aromatic N) is 3. The van der Waals surface area contributed by atoms with Gasteiger partial charge in [-0.15, -0.1) is 0 Å². The SMILES string of the molecule is CCNC(=NCc1ccccc1CN(C)Cc1ccco1)N1CCC(C(=O)OC)CC1. The first-order valence-electron chi connectivity index (χ1n) is 11.0. The molecule has 1 aromatic heterocycles. The number of hydrogen-bond acceptors (Lipinski definition) is 5. The van der Waals surface area contributed by atoms with E-state index in [4.69, 9.17) is 14.1 Å². The van der Waals surface area contributed by atoms with Crippen LogP contribution in [0.3, 0.4) is 0 Å². The third-order valence-corrected chi connectivity index (χ3v) is 5.63. The zero-order chi connectivity index (χ0) is 22.1. The normalized spacial score (nSPS) is 15.4. The molecule has 0 bridgehead atoms. The monoisotopic (exact) mass is 426 g/mol. The van der Waals surface area contributed by atoms with Gasteiger partial charge in [0.15, 0.2) is 5.96 Å². The molecule has 0 atom stereocenters. The smallest absolute Gasteiger partial charge is 0.308 e. The Kier molecular flexibility index (Phi) is 8.53. The molecule has 2 heterocycles. The van der Waals surface area contributed by atoms with E-state index in [0.29, 0.717) is 6.54 Å². The van der Waals surface area contributed by atoms with Crippen LogP contribution in [0.25, 0.3) is 0 Å². The highest BCUT2D eigenvalue weighted by Crippen LogP contribution is 2.19. The first-order valence-corrected chi connectivity index (χ1v) is 11.0. The maximum absolute atomic E-state index is 11.8. The molecule has 7 heteroatoms. The minimum Gasteiger partial charge on any atom is -0.469 e. The lowest BCUT2D eigenvalue weighted by Crippen LogP contribution is -2.46. The highest BCUT2D eigenvalue weighted by atomic mass is 16.5. The van der Waals surface area contributed by atoms with E-state index in [9.17, 15) is 4.79 Å². The number of ether oxygens (including phenoxy) is 1. The summed E-state index contributed by atoms with van der Waals surface area (Å²) in [5.41, 5.74) is 2.48. The zero-order valence-corrected chi connectivity index (χ0v) is 18.8. The van der Waals surface area contributed by atoms with Gasteiger partial charge in [-0.05, 0) is 50.1 Å². The van der Waals surface area contributed by atoms with Gasteiger partial charge in [0.2, 0.25) is 0 Å². The highest BCUT2D eigenvalue weighted by Gasteiger charge is 2.27. The number of guanidine groups is 1. The lowest BCUT2D eigenvalue weighted by Gasteiger charge is -2.33. The van der Waals surface area contributed by atoms with Crippen LogP contribution in [0.4, 0.5) is 0 Å². The van der Waals surface area contributed by atoms with Crippen LogP contribution in [0.5, 0.6) is 0 Å². The van der Waals surface area contributed by atoms with E-state index in [0.717, 1.165) is 57.3 Å². The van der Waals surface area contributed by atoms with Crippen LogP contribution < -0.4 is 5.32 Å². The number of aliphatic imine (C=N–C) groups is 1. The Morgan fingerprint density at radius 2 is 1.94 bits per heavy atom. The summed E-state index contributed by atoms with van der Waals surface area (Å²) < 4.78 is 10.4. The van der Waals surface area contributed by atoms with Gasteiger partial charge >= 0.3 is 5.97 Å². The number of methoxy groups -OCH3 is 1. The van der Waals surface area contributed by atoms with Gasteiger partial charge in [-0.25, -0.2) is 4.99 Å². The van der Waals surface area contributed by atoms with Crippen LogP contribution in [0.1, 0.15) is 36.7 Å². The zero-order valence-electron chi connectivity index (χ0n) is 18.8. The summed E-state index contributed by atoms with van der Waals surface area (Å²) in [5.74, 6) is 1.76. The number of rotatable bonds is 8. The van der Waals surface area contributed by atoms with Crippen LogP contribution in [0, 0.1) is 5.92 Å². The number of carbonyl (C=O) groups excluding carboxylic acids is 1. The number of furan rings is 1. The summed E-state index contributed by atoms with van der Waals surface area (Å²) in [6.07, 6.45) is 3.30. The Hall–Kier alpha value is -2.80. The van der Waals surface area contributed by atoms with Crippen molar-refractivity contribution < 1.29 is 13.9 Å². The van der Waals surface area contributed by atoms with Gasteiger partial charge in [0.25, 0.3) is 0 Å². The summed E-state index contributed by atoms with van der Waals surface area (Å²) in [5, 5.41) is 3.41. The third-order valence-electron chi connectivity index (χ3n) is 5.63. The van der Waals surface area contributed by atoms with E-state index in [1.54, 1.807) is 6.26 Å². The Labute approximate surface area is 185 Å². The van der Waals surface area contributed by atoms with Crippen LogP contribution in [0.2, 0.25) is 0 Å². The van der Waals surface area contributed by atoms with Crippen LogP contribution >= 0.6 is 0 Å². The lowest BCUT2D eigenvalue weighted by atomic mass is 9.97. The molecule has 1 N–H and O–H groups in total. The fourth-order valence-electron chi connectivity index (χ4n) is 3.96. The van der Waals surface area contributed by atoms with Gasteiger partial charge in [0.1, 0.15) is 5.76 Å². The number of esters is 1. The van der Waals surface area contributed by atoms with Gasteiger partial charge in [-0.2, -0.15) is 0 Å². The molecule has 1 fully saturated rings. The largest absolute Gasteiger partial charge is 0.469 e. The predicted octanol–water partition coefficient (Wildman–Crippen LogP) is 3.26. The molecule has 0 saturated carbocycles. The average molecular weight is 427 g/mol. The summed E-state index contributed by atoms with van der Waals surface area (Å²) in [6, 6.07) is 12.4. The Morgan fingerprint density at radius 1 is 1.19 bits per heavy atom. The number of hydrogen-bond donors (Lipinski definition) is 1. The minimum atomic E-state index is -0.103. The van der Waals surface area contributed by atoms with E-state index in [1.165, 1.54) is 18.2 Å². The topological polar surface area (TPSA) is 70.3 Å². The second kappa shape index (κ2) is 11.6. The lowest BCUT2D eigenvalue weighted by molar-refractivity contribution is -0.146. The quantitative estimate of drug-likeness (QED) is 0.397. The second-order valence-corrected chi connectivity index (χ2v) is 7.98. The summed E-state index contributed by atoms with van der Waals surface area (Å²) in [4.78, 5) is 21.2. The molecule has 7 nitrogen and oxygen atoms in total. The molecule has 1 aromatic carbocycles. The fourth-order valence-corrected chi connectivity index (χ4v) is 3.96. The molecular weight excluding hydrogens is 392 g/mol. The average Bonchev–Trinajstić information content (AvgIpc) is 3.30. The molecule has 1 aliphatic heterocycles.